The maximum atomic E-state index is 13.3. The van der Waals surface area contributed by atoms with Gasteiger partial charge in [0.05, 0.1) is 12.1 Å². The van der Waals surface area contributed by atoms with Gasteiger partial charge in [-0.3, -0.25) is 4.79 Å². The molecule has 2 aromatic carbocycles. The summed E-state index contributed by atoms with van der Waals surface area (Å²) in [6.07, 6.45) is 1.96. The van der Waals surface area contributed by atoms with Crippen LogP contribution in [0.1, 0.15) is 40.5 Å². The lowest BCUT2D eigenvalue weighted by molar-refractivity contribution is 0.00389. The summed E-state index contributed by atoms with van der Waals surface area (Å²) in [5.41, 5.74) is 4.20. The van der Waals surface area contributed by atoms with Gasteiger partial charge in [0, 0.05) is 30.5 Å². The summed E-state index contributed by atoms with van der Waals surface area (Å²) in [5, 5.41) is 7.86. The summed E-state index contributed by atoms with van der Waals surface area (Å²) in [7, 11) is 3.72. The Kier molecular flexibility index (Phi) is 5.62. The molecular weight excluding hydrogens is 398 g/mol. The zero-order valence-electron chi connectivity index (χ0n) is 17.4. The topological polar surface area (TPSA) is 55.3 Å². The molecule has 2 heterocycles. The first-order valence-corrected chi connectivity index (χ1v) is 10.3. The number of para-hydroxylation sites is 1. The van der Waals surface area contributed by atoms with E-state index in [0.717, 1.165) is 36.8 Å². The summed E-state index contributed by atoms with van der Waals surface area (Å²) in [5.74, 6) is -0.0588. The van der Waals surface area contributed by atoms with E-state index in [-0.39, 0.29) is 35.9 Å². The number of nitrogens with zero attached hydrogens (tertiary/aromatic N) is 1. The highest BCUT2D eigenvalue weighted by Crippen LogP contribution is 2.51. The van der Waals surface area contributed by atoms with Gasteiger partial charge in [0.2, 0.25) is 0 Å². The van der Waals surface area contributed by atoms with E-state index in [1.54, 1.807) is 7.11 Å². The lowest BCUT2D eigenvalue weighted by Gasteiger charge is -2.40. The molecule has 1 fully saturated rings. The number of methoxy groups -OCH3 is 1. The van der Waals surface area contributed by atoms with Crippen LogP contribution < -0.4 is 10.6 Å². The van der Waals surface area contributed by atoms with Crippen molar-refractivity contribution in [2.75, 3.05) is 20.2 Å². The number of hydrogen-bond donors (Lipinski definition) is 2. The average molecular weight is 426 g/mol. The van der Waals surface area contributed by atoms with Gasteiger partial charge in [-0.15, -0.1) is 12.4 Å². The van der Waals surface area contributed by atoms with Crippen LogP contribution in [0.5, 0.6) is 0 Å². The molecule has 5 rings (SSSR count). The fraction of sp³-hybridized carbons (Fsp3) is 0.375. The van der Waals surface area contributed by atoms with Crippen molar-refractivity contribution in [1.29, 1.82) is 0 Å². The van der Waals surface area contributed by atoms with E-state index in [4.69, 9.17) is 4.74 Å². The molecule has 5 nitrogen and oxygen atoms in total. The van der Waals surface area contributed by atoms with Gasteiger partial charge in [-0.25, -0.2) is 0 Å². The summed E-state index contributed by atoms with van der Waals surface area (Å²) in [6.45, 7) is 1.94. The molecule has 2 N–H and O–H groups in total. The Bertz CT molecular complexity index is 1070. The number of carbonyl (C=O) groups is 1. The minimum atomic E-state index is -0.153. The number of halogens is 1. The fourth-order valence-electron chi connectivity index (χ4n) is 5.52. The maximum Gasteiger partial charge on any atom is 0.268 e. The number of benzene rings is 2. The van der Waals surface area contributed by atoms with Crippen LogP contribution in [0.25, 0.3) is 10.9 Å². The number of ether oxygens (including phenoxy) is 1. The highest BCUT2D eigenvalue weighted by Gasteiger charge is 2.53. The van der Waals surface area contributed by atoms with E-state index in [0.29, 0.717) is 5.69 Å². The van der Waals surface area contributed by atoms with Crippen LogP contribution in [0.2, 0.25) is 0 Å². The van der Waals surface area contributed by atoms with Crippen molar-refractivity contribution >= 4 is 29.2 Å². The number of nitrogens with one attached hydrogen (secondary N) is 2. The molecule has 0 bridgehead atoms. The van der Waals surface area contributed by atoms with Crippen molar-refractivity contribution < 1.29 is 9.53 Å². The van der Waals surface area contributed by atoms with E-state index >= 15 is 0 Å². The summed E-state index contributed by atoms with van der Waals surface area (Å²) in [6, 6.07) is 18.4. The van der Waals surface area contributed by atoms with Crippen molar-refractivity contribution in [3.8, 4) is 0 Å². The molecule has 3 aromatic rings. The second-order valence-corrected chi connectivity index (χ2v) is 8.25. The zero-order valence-corrected chi connectivity index (χ0v) is 18.2. The number of hydrogen-bond acceptors (Lipinski definition) is 3. The molecule has 2 aliphatic rings. The monoisotopic (exact) mass is 425 g/mol. The first-order chi connectivity index (χ1) is 14.2. The normalized spacial score (nSPS) is 21.9. The molecule has 2 atom stereocenters. The van der Waals surface area contributed by atoms with Gasteiger partial charge in [-0.05, 0) is 49.2 Å². The van der Waals surface area contributed by atoms with Crippen LogP contribution in [0.4, 0.5) is 0 Å². The SMILES string of the molecule is CO[C@H]1[C@H](NC(=O)c2cc3ccccc3n2C)c2ccccc2C12CCNCC2.Cl. The third-order valence-corrected chi connectivity index (χ3v) is 6.90. The number of aryl methyl sites for hydroxylation is 1. The van der Waals surface area contributed by atoms with E-state index < -0.39 is 0 Å². The zero-order chi connectivity index (χ0) is 20.0. The molecule has 1 spiro atoms. The second kappa shape index (κ2) is 8.06. The van der Waals surface area contributed by atoms with Crippen molar-refractivity contribution in [1.82, 2.24) is 15.2 Å². The van der Waals surface area contributed by atoms with Crippen molar-refractivity contribution in [2.45, 2.75) is 30.4 Å². The van der Waals surface area contributed by atoms with Crippen molar-refractivity contribution in [2.24, 2.45) is 7.05 Å². The standard InChI is InChI=1S/C24H27N3O2.ClH/c1-27-19-10-6-3-7-16(19)15-20(27)23(28)26-21-17-8-4-5-9-18(17)24(22(21)29-2)11-13-25-14-12-24;/h3-10,15,21-22,25H,11-14H2,1-2H3,(H,26,28);1H/t21-,22+;/m1./s1. The molecule has 0 unspecified atom stereocenters. The molecule has 1 aliphatic heterocycles. The Balaban J connectivity index is 0.00000218. The second-order valence-electron chi connectivity index (χ2n) is 8.25. The molecule has 1 saturated heterocycles. The van der Waals surface area contributed by atoms with Crippen LogP contribution in [0.15, 0.2) is 54.6 Å². The Labute approximate surface area is 183 Å². The van der Waals surface area contributed by atoms with Gasteiger partial charge in [-0.1, -0.05) is 42.5 Å². The molecule has 6 heteroatoms. The van der Waals surface area contributed by atoms with Crippen LogP contribution >= 0.6 is 12.4 Å². The van der Waals surface area contributed by atoms with Gasteiger partial charge in [0.25, 0.3) is 5.91 Å². The Morgan fingerprint density at radius 3 is 2.57 bits per heavy atom. The van der Waals surface area contributed by atoms with E-state index in [2.05, 4.69) is 34.9 Å². The van der Waals surface area contributed by atoms with Crippen LogP contribution in [-0.4, -0.2) is 36.8 Å². The number of fused-ring (bicyclic) bond motifs is 3. The first kappa shape index (κ1) is 20.9. The summed E-state index contributed by atoms with van der Waals surface area (Å²) >= 11 is 0. The highest BCUT2D eigenvalue weighted by atomic mass is 35.5. The predicted molar refractivity (Wildman–Crippen MR) is 121 cm³/mol. The third-order valence-electron chi connectivity index (χ3n) is 6.90. The van der Waals surface area contributed by atoms with E-state index in [9.17, 15) is 4.79 Å². The molecule has 1 amide bonds. The molecule has 158 valence electrons. The molecule has 1 aliphatic carbocycles. The lowest BCUT2D eigenvalue weighted by atomic mass is 9.72. The fourth-order valence-corrected chi connectivity index (χ4v) is 5.52. The number of carbonyl (C=O) groups excluding carboxylic acids is 1. The molecule has 0 radical (unpaired) electrons. The Hall–Kier alpha value is -2.34. The average Bonchev–Trinajstić information content (AvgIpc) is 3.22. The van der Waals surface area contributed by atoms with Gasteiger partial charge < -0.3 is 19.9 Å². The molecule has 30 heavy (non-hydrogen) atoms. The van der Waals surface area contributed by atoms with Crippen LogP contribution in [-0.2, 0) is 17.2 Å². The lowest BCUT2D eigenvalue weighted by Crippen LogP contribution is -2.49. The number of amides is 1. The smallest absolute Gasteiger partial charge is 0.268 e. The number of aromatic nitrogens is 1. The van der Waals surface area contributed by atoms with Gasteiger partial charge in [0.15, 0.2) is 0 Å². The quantitative estimate of drug-likeness (QED) is 0.672. The van der Waals surface area contributed by atoms with Crippen LogP contribution in [0.3, 0.4) is 0 Å². The summed E-state index contributed by atoms with van der Waals surface area (Å²) in [4.78, 5) is 13.3. The predicted octanol–water partition coefficient (Wildman–Crippen LogP) is 3.72. The summed E-state index contributed by atoms with van der Waals surface area (Å²) < 4.78 is 8.04. The molecular formula is C24H28ClN3O2. The van der Waals surface area contributed by atoms with E-state index in [1.165, 1.54) is 11.1 Å². The third kappa shape index (κ3) is 3.04. The molecule has 1 aromatic heterocycles. The first-order valence-electron chi connectivity index (χ1n) is 10.3. The minimum Gasteiger partial charge on any atom is -0.378 e. The number of piperidine rings is 1. The van der Waals surface area contributed by atoms with Gasteiger partial charge in [0.1, 0.15) is 5.69 Å². The Morgan fingerprint density at radius 1 is 1.13 bits per heavy atom. The van der Waals surface area contributed by atoms with Crippen molar-refractivity contribution in [3.63, 3.8) is 0 Å². The largest absolute Gasteiger partial charge is 0.378 e. The maximum absolute atomic E-state index is 13.3. The van der Waals surface area contributed by atoms with Crippen molar-refractivity contribution in [3.05, 3.63) is 71.4 Å². The van der Waals surface area contributed by atoms with Crippen LogP contribution in [0, 0.1) is 0 Å². The molecule has 0 saturated carbocycles. The highest BCUT2D eigenvalue weighted by molar-refractivity contribution is 5.99. The minimum absolute atomic E-state index is 0. The number of rotatable bonds is 3. The van der Waals surface area contributed by atoms with Gasteiger partial charge >= 0.3 is 0 Å². The van der Waals surface area contributed by atoms with E-state index in [1.807, 2.05) is 41.9 Å². The Morgan fingerprint density at radius 2 is 1.83 bits per heavy atom. The van der Waals surface area contributed by atoms with Gasteiger partial charge in [-0.2, -0.15) is 0 Å².